The first kappa shape index (κ1) is 14.7. The minimum absolute atomic E-state index is 0.0809. The topological polar surface area (TPSA) is 119 Å². The van der Waals surface area contributed by atoms with Crippen LogP contribution >= 0.6 is 0 Å². The fourth-order valence-electron chi connectivity index (χ4n) is 1.30. The number of carboxylic acid groups (broad SMARTS) is 1. The highest BCUT2D eigenvalue weighted by molar-refractivity contribution is 7.89. The molecule has 0 aliphatic rings. The van der Waals surface area contributed by atoms with E-state index in [-0.39, 0.29) is 23.1 Å². The van der Waals surface area contributed by atoms with Crippen molar-refractivity contribution in [3.8, 4) is 0 Å². The lowest BCUT2D eigenvalue weighted by molar-refractivity contribution is 0.0691. The Morgan fingerprint density at radius 1 is 1.50 bits per heavy atom. The molecule has 0 fully saturated rings. The molecular weight excluding hydrogens is 260 g/mol. The molecule has 7 nitrogen and oxygen atoms in total. The van der Waals surface area contributed by atoms with Gasteiger partial charge in [-0.05, 0) is 12.0 Å². The predicted octanol–water partition coefficient (Wildman–Crippen LogP) is 0.00810. The fraction of sp³-hybridized carbons (Fsp3) is 0.500. The Morgan fingerprint density at radius 3 is 2.50 bits per heavy atom. The lowest BCUT2D eigenvalue weighted by atomic mass is 10.1. The average molecular weight is 276 g/mol. The van der Waals surface area contributed by atoms with Crippen molar-refractivity contribution in [2.45, 2.75) is 24.8 Å². The van der Waals surface area contributed by atoms with Gasteiger partial charge in [-0.2, -0.15) is 0 Å². The summed E-state index contributed by atoms with van der Waals surface area (Å²) in [6, 6.07) is 0.414. The molecule has 0 radical (unpaired) electrons. The predicted molar refractivity (Wildman–Crippen MR) is 63.8 cm³/mol. The largest absolute Gasteiger partial charge is 0.477 e. The smallest absolute Gasteiger partial charge is 0.352 e. The van der Waals surface area contributed by atoms with E-state index in [1.54, 1.807) is 13.8 Å². The van der Waals surface area contributed by atoms with Gasteiger partial charge in [-0.3, -0.25) is 0 Å². The Morgan fingerprint density at radius 2 is 2.11 bits per heavy atom. The van der Waals surface area contributed by atoms with Gasteiger partial charge >= 0.3 is 5.97 Å². The van der Waals surface area contributed by atoms with Gasteiger partial charge in [-0.25, -0.2) is 17.9 Å². The van der Waals surface area contributed by atoms with Crippen molar-refractivity contribution in [1.29, 1.82) is 0 Å². The zero-order valence-corrected chi connectivity index (χ0v) is 10.9. The molecule has 1 atom stereocenters. The molecule has 0 aliphatic heterocycles. The third-order valence-corrected chi connectivity index (χ3v) is 3.97. The number of rotatable bonds is 6. The third-order valence-electron chi connectivity index (χ3n) is 2.51. The number of aromatic carboxylic acids is 1. The van der Waals surface area contributed by atoms with E-state index in [4.69, 9.17) is 10.2 Å². The summed E-state index contributed by atoms with van der Waals surface area (Å²) >= 11 is 0. The summed E-state index contributed by atoms with van der Waals surface area (Å²) in [4.78, 5) is 12.8. The molecule has 0 saturated carbocycles. The van der Waals surface area contributed by atoms with Gasteiger partial charge in [-0.15, -0.1) is 0 Å². The van der Waals surface area contributed by atoms with Crippen LogP contribution < -0.4 is 4.72 Å². The van der Waals surface area contributed by atoms with Crippen molar-refractivity contribution in [3.63, 3.8) is 0 Å². The number of carboxylic acids is 1. The van der Waals surface area contributed by atoms with E-state index in [0.717, 1.165) is 12.3 Å². The molecule has 0 aromatic carbocycles. The molecule has 1 rings (SSSR count). The molecule has 102 valence electrons. The lowest BCUT2D eigenvalue weighted by Gasteiger charge is -2.19. The summed E-state index contributed by atoms with van der Waals surface area (Å²) in [6.07, 6.45) is 1.10. The highest BCUT2D eigenvalue weighted by Gasteiger charge is 2.23. The number of aliphatic hydroxyl groups excluding tert-OH is 1. The summed E-state index contributed by atoms with van der Waals surface area (Å²) in [5, 5.41) is 17.8. The normalized spacial score (nSPS) is 13.8. The molecule has 18 heavy (non-hydrogen) atoms. The maximum Gasteiger partial charge on any atom is 0.352 e. The highest BCUT2D eigenvalue weighted by Crippen LogP contribution is 2.13. The molecule has 1 aromatic heterocycles. The first-order valence-electron chi connectivity index (χ1n) is 5.33. The number of aliphatic hydroxyl groups is 1. The van der Waals surface area contributed by atoms with E-state index in [9.17, 15) is 13.2 Å². The second-order valence-electron chi connectivity index (χ2n) is 4.21. The molecule has 0 aliphatic carbocycles. The Kier molecular flexibility index (Phi) is 4.49. The van der Waals surface area contributed by atoms with Gasteiger partial charge in [0.2, 0.25) is 10.0 Å². The van der Waals surface area contributed by atoms with E-state index in [0.29, 0.717) is 0 Å². The van der Waals surface area contributed by atoms with Crippen LogP contribution in [0.5, 0.6) is 0 Å². The zero-order valence-electron chi connectivity index (χ0n) is 10.0. The average Bonchev–Trinajstić information content (AvgIpc) is 2.75. The van der Waals surface area contributed by atoms with Gasteiger partial charge in [0, 0.05) is 12.2 Å². The van der Waals surface area contributed by atoms with E-state index in [2.05, 4.69) is 9.71 Å². The van der Waals surface area contributed by atoms with E-state index in [1.807, 2.05) is 0 Å². The van der Waals surface area contributed by atoms with Crippen LogP contribution in [0.2, 0.25) is 0 Å². The zero-order chi connectivity index (χ0) is 13.9. The van der Waals surface area contributed by atoms with Crippen molar-refractivity contribution < 1.29 is 23.4 Å². The molecule has 0 bridgehead atoms. The van der Waals surface area contributed by atoms with Gasteiger partial charge in [0.25, 0.3) is 0 Å². The maximum absolute atomic E-state index is 11.9. The Bertz CT molecular complexity index is 520. The molecule has 1 heterocycles. The monoisotopic (exact) mass is 276 g/mol. The first-order chi connectivity index (χ1) is 8.27. The fourth-order valence-corrected chi connectivity index (χ4v) is 2.67. The number of H-pyrrole nitrogens is 1. The Hall–Kier alpha value is -1.38. The van der Waals surface area contributed by atoms with Crippen molar-refractivity contribution in [3.05, 3.63) is 18.0 Å². The van der Waals surface area contributed by atoms with Crippen LogP contribution in [-0.4, -0.2) is 42.2 Å². The summed E-state index contributed by atoms with van der Waals surface area (Å²) in [6.45, 7) is 3.21. The van der Waals surface area contributed by atoms with Crippen LogP contribution in [0, 0.1) is 5.92 Å². The summed E-state index contributed by atoms with van der Waals surface area (Å²) in [5.41, 5.74) is -0.208. The third kappa shape index (κ3) is 3.31. The van der Waals surface area contributed by atoms with E-state index >= 15 is 0 Å². The first-order valence-corrected chi connectivity index (χ1v) is 6.81. The van der Waals surface area contributed by atoms with Gasteiger partial charge in [0.05, 0.1) is 6.61 Å². The SMILES string of the molecule is CC(C)C(CO)NS(=O)(=O)c1c[nH]c(C(=O)O)c1. The van der Waals surface area contributed by atoms with Gasteiger partial charge < -0.3 is 15.2 Å². The molecule has 1 unspecified atom stereocenters. The summed E-state index contributed by atoms with van der Waals surface area (Å²) < 4.78 is 26.1. The van der Waals surface area contributed by atoms with Crippen molar-refractivity contribution >= 4 is 16.0 Å². The van der Waals surface area contributed by atoms with Crippen molar-refractivity contribution in [2.24, 2.45) is 5.92 Å². The lowest BCUT2D eigenvalue weighted by Crippen LogP contribution is -2.40. The molecule has 0 spiro atoms. The Balaban J connectivity index is 2.95. The van der Waals surface area contributed by atoms with Crippen LogP contribution in [0.15, 0.2) is 17.2 Å². The standard InChI is InChI=1S/C10H16N2O5S/c1-6(2)9(5-13)12-18(16,17)7-3-8(10(14)15)11-4-7/h3-4,6,9,11-13H,5H2,1-2H3,(H,14,15). The summed E-state index contributed by atoms with van der Waals surface area (Å²) in [7, 11) is -3.83. The number of hydrogen-bond donors (Lipinski definition) is 4. The molecule has 8 heteroatoms. The molecule has 0 saturated heterocycles. The quantitative estimate of drug-likeness (QED) is 0.583. The van der Waals surface area contributed by atoms with Gasteiger partial charge in [0.1, 0.15) is 10.6 Å². The number of nitrogens with one attached hydrogen (secondary N) is 2. The van der Waals surface area contributed by atoms with Crippen LogP contribution in [0.1, 0.15) is 24.3 Å². The van der Waals surface area contributed by atoms with Crippen LogP contribution in [0.25, 0.3) is 0 Å². The molecule has 1 aromatic rings. The highest BCUT2D eigenvalue weighted by atomic mass is 32.2. The number of carbonyl (C=O) groups is 1. The second-order valence-corrected chi connectivity index (χ2v) is 5.92. The molecule has 4 N–H and O–H groups in total. The molecular formula is C10H16N2O5S. The number of sulfonamides is 1. The second kappa shape index (κ2) is 5.51. The van der Waals surface area contributed by atoms with Crippen LogP contribution in [0.3, 0.4) is 0 Å². The van der Waals surface area contributed by atoms with Crippen LogP contribution in [0.4, 0.5) is 0 Å². The van der Waals surface area contributed by atoms with Crippen molar-refractivity contribution in [2.75, 3.05) is 6.61 Å². The van der Waals surface area contributed by atoms with Crippen molar-refractivity contribution in [1.82, 2.24) is 9.71 Å². The number of hydrogen-bond acceptors (Lipinski definition) is 4. The van der Waals surface area contributed by atoms with Crippen LogP contribution in [-0.2, 0) is 10.0 Å². The van der Waals surface area contributed by atoms with Gasteiger partial charge in [-0.1, -0.05) is 13.8 Å². The summed E-state index contributed by atoms with van der Waals surface area (Å²) in [5.74, 6) is -1.32. The van der Waals surface area contributed by atoms with E-state index in [1.165, 1.54) is 0 Å². The number of aromatic nitrogens is 1. The van der Waals surface area contributed by atoms with E-state index < -0.39 is 22.0 Å². The maximum atomic E-state index is 11.9. The molecule has 0 amide bonds. The minimum atomic E-state index is -3.83. The minimum Gasteiger partial charge on any atom is -0.477 e. The Labute approximate surface area is 105 Å². The van der Waals surface area contributed by atoms with Gasteiger partial charge in [0.15, 0.2) is 0 Å². The number of aromatic amines is 1.